The lowest BCUT2D eigenvalue weighted by Crippen LogP contribution is -2.26. The van der Waals surface area contributed by atoms with Crippen LogP contribution in [0.25, 0.3) is 5.69 Å². The van der Waals surface area contributed by atoms with E-state index in [4.69, 9.17) is 23.2 Å². The summed E-state index contributed by atoms with van der Waals surface area (Å²) in [5.41, 5.74) is 3.26. The molecule has 0 fully saturated rings. The minimum atomic E-state index is -0.391. The first-order chi connectivity index (χ1) is 9.37. The van der Waals surface area contributed by atoms with Crippen molar-refractivity contribution in [3.8, 4) is 5.69 Å². The summed E-state index contributed by atoms with van der Waals surface area (Å²) in [5.74, 6) is 0. The normalized spacial score (nSPS) is 20.8. The Labute approximate surface area is 128 Å². The maximum atomic E-state index is 10.3. The van der Waals surface area contributed by atoms with Gasteiger partial charge in [0.05, 0.1) is 16.1 Å². The van der Waals surface area contributed by atoms with Crippen molar-refractivity contribution in [3.63, 3.8) is 0 Å². The van der Waals surface area contributed by atoms with E-state index < -0.39 is 6.10 Å². The number of rotatable bonds is 1. The van der Waals surface area contributed by atoms with Crippen molar-refractivity contribution >= 4 is 23.2 Å². The van der Waals surface area contributed by atoms with Gasteiger partial charge in [-0.1, -0.05) is 37.0 Å². The van der Waals surface area contributed by atoms with E-state index >= 15 is 0 Å². The highest BCUT2D eigenvalue weighted by Gasteiger charge is 2.33. The molecule has 2 aromatic rings. The van der Waals surface area contributed by atoms with E-state index in [2.05, 4.69) is 18.4 Å². The molecule has 0 saturated heterocycles. The first-order valence-electron chi connectivity index (χ1n) is 6.71. The Balaban J connectivity index is 2.10. The van der Waals surface area contributed by atoms with Crippen LogP contribution in [-0.4, -0.2) is 9.67 Å². The van der Waals surface area contributed by atoms with Gasteiger partial charge in [0, 0.05) is 23.1 Å². The van der Waals surface area contributed by atoms with Crippen LogP contribution in [0.1, 0.15) is 37.6 Å². The predicted molar refractivity (Wildman–Crippen MR) is 82.9 cm³/mol. The van der Waals surface area contributed by atoms with Gasteiger partial charge in [-0.2, -0.15) is 0 Å². The highest BCUT2D eigenvalue weighted by molar-refractivity contribution is 6.42. The molecule has 0 bridgehead atoms. The third-order valence-electron chi connectivity index (χ3n) is 3.96. The van der Waals surface area contributed by atoms with Gasteiger partial charge in [0.1, 0.15) is 0 Å². The molecular weight excluding hydrogens is 293 g/mol. The van der Waals surface area contributed by atoms with Gasteiger partial charge in [-0.3, -0.25) is 0 Å². The zero-order valence-electron chi connectivity index (χ0n) is 11.5. The summed E-state index contributed by atoms with van der Waals surface area (Å²) < 4.78 is 2.10. The summed E-state index contributed by atoms with van der Waals surface area (Å²) in [7, 11) is 0. The Hall–Kier alpha value is -0.960. The maximum absolute atomic E-state index is 10.3. The fraction of sp³-hybridized carbons (Fsp3) is 0.375. The first kappa shape index (κ1) is 14.0. The second-order valence-corrected chi connectivity index (χ2v) is 7.06. The Kier molecular flexibility index (Phi) is 3.36. The molecule has 0 saturated carbocycles. The summed E-state index contributed by atoms with van der Waals surface area (Å²) in [6.45, 7) is 4.37. The number of benzene rings is 1. The maximum Gasteiger partial charge on any atom is 0.0812 e. The number of aliphatic hydroxyl groups is 1. The third kappa shape index (κ3) is 2.37. The van der Waals surface area contributed by atoms with Crippen LogP contribution in [0.2, 0.25) is 10.0 Å². The number of fused-ring (bicyclic) bond motifs is 1. The Morgan fingerprint density at radius 3 is 2.65 bits per heavy atom. The van der Waals surface area contributed by atoms with Crippen LogP contribution in [0, 0.1) is 5.41 Å². The molecule has 3 rings (SSSR count). The van der Waals surface area contributed by atoms with E-state index in [0.717, 1.165) is 29.8 Å². The molecule has 4 heteroatoms. The second-order valence-electron chi connectivity index (χ2n) is 6.25. The third-order valence-corrected chi connectivity index (χ3v) is 4.70. The summed E-state index contributed by atoms with van der Waals surface area (Å²) in [6.07, 6.45) is 3.34. The van der Waals surface area contributed by atoms with Crippen LogP contribution in [0.4, 0.5) is 0 Å². The molecule has 1 N–H and O–H groups in total. The van der Waals surface area contributed by atoms with Gasteiger partial charge in [-0.25, -0.2) is 0 Å². The quantitative estimate of drug-likeness (QED) is 0.805. The molecule has 2 nitrogen and oxygen atoms in total. The molecule has 1 aromatic carbocycles. The largest absolute Gasteiger partial charge is 0.388 e. The average molecular weight is 310 g/mol. The number of aromatic nitrogens is 1. The summed E-state index contributed by atoms with van der Waals surface area (Å²) >= 11 is 12.1. The van der Waals surface area contributed by atoms with Crippen LogP contribution in [0.15, 0.2) is 30.5 Å². The van der Waals surface area contributed by atoms with Gasteiger partial charge in [0.2, 0.25) is 0 Å². The zero-order chi connectivity index (χ0) is 14.5. The van der Waals surface area contributed by atoms with E-state index in [9.17, 15) is 5.11 Å². The van der Waals surface area contributed by atoms with Crippen LogP contribution < -0.4 is 0 Å². The Bertz CT molecular complexity index is 660. The van der Waals surface area contributed by atoms with Crippen LogP contribution >= 0.6 is 23.2 Å². The minimum Gasteiger partial charge on any atom is -0.388 e. The Morgan fingerprint density at radius 2 is 1.95 bits per heavy atom. The molecule has 106 valence electrons. The molecule has 1 atom stereocenters. The lowest BCUT2D eigenvalue weighted by Gasteiger charge is -2.34. The number of halogens is 2. The van der Waals surface area contributed by atoms with E-state index in [-0.39, 0.29) is 5.41 Å². The van der Waals surface area contributed by atoms with Crippen molar-refractivity contribution in [1.82, 2.24) is 4.57 Å². The first-order valence-corrected chi connectivity index (χ1v) is 7.47. The summed E-state index contributed by atoms with van der Waals surface area (Å²) in [5, 5.41) is 11.4. The topological polar surface area (TPSA) is 25.2 Å². The highest BCUT2D eigenvalue weighted by Crippen LogP contribution is 2.42. The van der Waals surface area contributed by atoms with Gasteiger partial charge >= 0.3 is 0 Å². The molecule has 0 amide bonds. The van der Waals surface area contributed by atoms with E-state index in [1.165, 1.54) is 0 Å². The van der Waals surface area contributed by atoms with Crippen molar-refractivity contribution < 1.29 is 5.11 Å². The fourth-order valence-corrected chi connectivity index (χ4v) is 3.30. The second kappa shape index (κ2) is 4.80. The van der Waals surface area contributed by atoms with Gasteiger partial charge in [0.25, 0.3) is 0 Å². The molecule has 1 aromatic heterocycles. The van der Waals surface area contributed by atoms with E-state index in [1.54, 1.807) is 6.07 Å². The van der Waals surface area contributed by atoms with Gasteiger partial charge in [-0.15, -0.1) is 0 Å². The number of hydrogen-bond donors (Lipinski definition) is 1. The number of hydrogen-bond acceptors (Lipinski definition) is 1. The fourth-order valence-electron chi connectivity index (χ4n) is 3.01. The standard InChI is InChI=1S/C16H17Cl2NO/c1-16(2)8-14-11(15(20)9-16)5-6-19(14)10-3-4-12(17)13(18)7-10/h3-7,15,20H,8-9H2,1-2H3. The van der Waals surface area contributed by atoms with Crippen molar-refractivity contribution in [2.45, 2.75) is 32.8 Å². The van der Waals surface area contributed by atoms with Gasteiger partial charge < -0.3 is 9.67 Å². The molecule has 0 spiro atoms. The summed E-state index contributed by atoms with van der Waals surface area (Å²) in [6, 6.07) is 7.61. The van der Waals surface area contributed by atoms with E-state index in [1.807, 2.05) is 24.4 Å². The molecule has 1 aliphatic rings. The zero-order valence-corrected chi connectivity index (χ0v) is 13.0. The van der Waals surface area contributed by atoms with Crippen LogP contribution in [0.3, 0.4) is 0 Å². The SMILES string of the molecule is CC1(C)Cc2c(ccn2-c2ccc(Cl)c(Cl)c2)C(O)C1. The minimum absolute atomic E-state index is 0.0960. The lowest BCUT2D eigenvalue weighted by atomic mass is 9.75. The monoisotopic (exact) mass is 309 g/mol. The molecule has 1 heterocycles. The van der Waals surface area contributed by atoms with Gasteiger partial charge in [-0.05, 0) is 42.5 Å². The number of aliphatic hydroxyl groups excluding tert-OH is 1. The molecule has 1 aliphatic carbocycles. The molecule has 20 heavy (non-hydrogen) atoms. The van der Waals surface area contributed by atoms with Crippen molar-refractivity contribution in [1.29, 1.82) is 0 Å². The van der Waals surface area contributed by atoms with E-state index in [0.29, 0.717) is 10.0 Å². The molecule has 1 unspecified atom stereocenters. The predicted octanol–water partition coefficient (Wildman–Crippen LogP) is 4.79. The molecular formula is C16H17Cl2NO. The van der Waals surface area contributed by atoms with Crippen LogP contribution in [0.5, 0.6) is 0 Å². The number of nitrogens with zero attached hydrogens (tertiary/aromatic N) is 1. The van der Waals surface area contributed by atoms with Crippen LogP contribution in [-0.2, 0) is 6.42 Å². The van der Waals surface area contributed by atoms with Crippen molar-refractivity contribution in [2.75, 3.05) is 0 Å². The molecule has 0 radical (unpaired) electrons. The Morgan fingerprint density at radius 1 is 1.20 bits per heavy atom. The average Bonchev–Trinajstić information content (AvgIpc) is 2.75. The lowest BCUT2D eigenvalue weighted by molar-refractivity contribution is 0.0987. The van der Waals surface area contributed by atoms with Crippen molar-refractivity contribution in [3.05, 3.63) is 51.8 Å². The highest BCUT2D eigenvalue weighted by atomic mass is 35.5. The molecule has 0 aliphatic heterocycles. The van der Waals surface area contributed by atoms with Crippen molar-refractivity contribution in [2.24, 2.45) is 5.41 Å². The summed E-state index contributed by atoms with van der Waals surface area (Å²) in [4.78, 5) is 0. The smallest absolute Gasteiger partial charge is 0.0812 e. The van der Waals surface area contributed by atoms with Gasteiger partial charge in [0.15, 0.2) is 0 Å².